The lowest BCUT2D eigenvalue weighted by Gasteiger charge is -2.35. The second-order valence-electron chi connectivity index (χ2n) is 17.3. The highest BCUT2D eigenvalue weighted by molar-refractivity contribution is 7.13. The van der Waals surface area contributed by atoms with Gasteiger partial charge in [-0.25, -0.2) is 4.98 Å². The number of amides is 3. The maximum Gasteiger partial charge on any atom is 0.246 e. The number of para-hydroxylation sites is 1. The van der Waals surface area contributed by atoms with Crippen LogP contribution in [0.1, 0.15) is 75.3 Å². The van der Waals surface area contributed by atoms with Gasteiger partial charge < -0.3 is 47.8 Å². The van der Waals surface area contributed by atoms with E-state index in [0.29, 0.717) is 41.3 Å². The molecule has 2 aromatic heterocycles. The number of hydrogen-bond donors (Lipinski definition) is 7. The number of aryl methyl sites for hydroxylation is 1. The number of rotatable bonds is 15. The molecule has 4 heterocycles. The van der Waals surface area contributed by atoms with Crippen molar-refractivity contribution in [2.75, 3.05) is 26.2 Å². The molecular weight excluding hydrogens is 793 g/mol. The Balaban J connectivity index is 0.983. The van der Waals surface area contributed by atoms with E-state index in [-0.39, 0.29) is 55.2 Å². The molecule has 0 saturated carbocycles. The Labute approximate surface area is 361 Å². The van der Waals surface area contributed by atoms with Gasteiger partial charge in [-0.1, -0.05) is 57.2 Å². The van der Waals surface area contributed by atoms with E-state index in [1.165, 1.54) is 4.90 Å². The van der Waals surface area contributed by atoms with Gasteiger partial charge in [0.2, 0.25) is 17.7 Å². The van der Waals surface area contributed by atoms with Crippen molar-refractivity contribution in [2.24, 2.45) is 28.5 Å². The molecule has 2 aromatic carbocycles. The molecule has 2 aliphatic rings. The lowest BCUT2D eigenvalue weighted by Crippen LogP contribution is -2.57. The fraction of sp³-hybridized carbons (Fsp3) is 0.444. The van der Waals surface area contributed by atoms with E-state index in [4.69, 9.17) is 17.2 Å². The Kier molecular flexibility index (Phi) is 14.5. The number of β-amino-alcohol motifs (C(OH)–C–C–N with tert-alkyl or cyclic N) is 1. The third kappa shape index (κ3) is 11.6. The van der Waals surface area contributed by atoms with Gasteiger partial charge in [-0.05, 0) is 79.9 Å². The molecule has 6 rings (SSSR count). The minimum absolute atomic E-state index is 0.0164. The minimum Gasteiger partial charge on any atom is -0.507 e. The molecule has 4 atom stereocenters. The Hall–Kier alpha value is -5.71. The number of thiazole rings is 1. The number of carbonyl (C=O) groups is 3. The number of allylic oxidation sites excluding steroid dienone is 2. The normalized spacial score (nSPS) is 19.1. The number of nitrogens with one attached hydrogen (secondary N) is 2. The number of aromatic hydroxyl groups is 1. The van der Waals surface area contributed by atoms with Gasteiger partial charge in [0.05, 0.1) is 28.4 Å². The van der Waals surface area contributed by atoms with Crippen molar-refractivity contribution < 1.29 is 24.6 Å². The average Bonchev–Trinajstić information content (AvgIpc) is 3.97. The molecule has 10 N–H and O–H groups in total. The summed E-state index contributed by atoms with van der Waals surface area (Å²) in [5.41, 5.74) is 24.5. The fourth-order valence-electron chi connectivity index (χ4n) is 8.13. The molecule has 3 amide bonds. The predicted molar refractivity (Wildman–Crippen MR) is 238 cm³/mol. The highest BCUT2D eigenvalue weighted by Gasteiger charge is 2.44. The quantitative estimate of drug-likeness (QED) is 0.0848. The van der Waals surface area contributed by atoms with Crippen LogP contribution >= 0.6 is 11.3 Å². The molecule has 0 bridgehead atoms. The summed E-state index contributed by atoms with van der Waals surface area (Å²) < 4.78 is 1.88. The predicted octanol–water partition coefficient (Wildman–Crippen LogP) is 3.91. The maximum absolute atomic E-state index is 14.1. The van der Waals surface area contributed by atoms with Gasteiger partial charge in [0, 0.05) is 67.6 Å². The second-order valence-corrected chi connectivity index (χ2v) is 18.1. The molecule has 2 aliphatic heterocycles. The zero-order valence-corrected chi connectivity index (χ0v) is 36.3. The number of likely N-dealkylation sites (tertiary alicyclic amines) is 2. The lowest BCUT2D eigenvalue weighted by molar-refractivity contribution is -0.144. The number of aliphatic hydroxyl groups is 1. The van der Waals surface area contributed by atoms with E-state index in [1.54, 1.807) is 47.9 Å². The number of carbonyl (C=O) groups excluding carboxylic acids is 3. The van der Waals surface area contributed by atoms with E-state index in [9.17, 15) is 24.6 Å². The molecule has 2 fully saturated rings. The first-order valence-electron chi connectivity index (χ1n) is 20.9. The summed E-state index contributed by atoms with van der Waals surface area (Å²) in [6.07, 6.45) is 7.42. The smallest absolute Gasteiger partial charge is 0.246 e. The standard InChI is InChI=1S/C45H60N10O5S/c1-28-40(61-27-50-28)31-15-13-29(14-16-31)21-49-43(59)37-19-33(56)26-55(37)44(60)41(45(2,3)4)52-39(58)12-8-18-53-17-7-9-30(23-53)24-54-25-32(22-51-54)35(42(47)48)20-36(46)34-10-5-6-11-38(34)57/h5-6,10-11,13-16,20,22,25,27,30,33,37,41,56-57H,7-9,12,17-19,21,23-24,26,46-48H2,1-4H3,(H,49,59)(H,52,58)/b36-20-/t30-,33+,37-,41+/m0/s1. The van der Waals surface area contributed by atoms with Crippen LogP contribution in [0.4, 0.5) is 0 Å². The molecule has 2 saturated heterocycles. The van der Waals surface area contributed by atoms with Crippen LogP contribution in [0.15, 0.2) is 78.3 Å². The van der Waals surface area contributed by atoms with Crippen molar-refractivity contribution in [2.45, 2.75) is 91.1 Å². The van der Waals surface area contributed by atoms with Crippen molar-refractivity contribution >= 4 is 40.3 Å². The van der Waals surface area contributed by atoms with E-state index < -0.39 is 23.6 Å². The summed E-state index contributed by atoms with van der Waals surface area (Å²) in [6, 6.07) is 13.0. The molecule has 4 aromatic rings. The van der Waals surface area contributed by atoms with Gasteiger partial charge in [-0.2, -0.15) is 5.10 Å². The average molecular weight is 853 g/mol. The van der Waals surface area contributed by atoms with Crippen molar-refractivity contribution in [3.63, 3.8) is 0 Å². The van der Waals surface area contributed by atoms with Gasteiger partial charge in [0.1, 0.15) is 23.7 Å². The molecule has 0 spiro atoms. The SMILES string of the molecule is Cc1ncsc1-c1ccc(CNC(=O)[C@@H]2C[C@@H](O)CN2C(=O)[C@@H](NC(=O)CCCN2CCC[C@H](Cn3cc(C(/C=C(\N)c4ccccc4O)=C(N)N)cn3)C2)C(C)(C)C)cc1. The summed E-state index contributed by atoms with van der Waals surface area (Å²) in [7, 11) is 0. The summed E-state index contributed by atoms with van der Waals surface area (Å²) >= 11 is 1.58. The first kappa shape index (κ1) is 44.8. The van der Waals surface area contributed by atoms with Crippen molar-refractivity contribution in [3.05, 3.63) is 101 Å². The number of benzene rings is 2. The number of phenols is 1. The molecule has 16 heteroatoms. The van der Waals surface area contributed by atoms with Crippen LogP contribution in [0.2, 0.25) is 0 Å². The zero-order chi connectivity index (χ0) is 43.8. The van der Waals surface area contributed by atoms with E-state index in [2.05, 4.69) is 25.6 Å². The third-order valence-electron chi connectivity index (χ3n) is 11.4. The van der Waals surface area contributed by atoms with Gasteiger partial charge in [0.25, 0.3) is 0 Å². The summed E-state index contributed by atoms with van der Waals surface area (Å²) in [4.78, 5) is 50.2. The van der Waals surface area contributed by atoms with Gasteiger partial charge >= 0.3 is 0 Å². The largest absolute Gasteiger partial charge is 0.507 e. The topological polar surface area (TPSA) is 231 Å². The number of piperidine rings is 1. The minimum atomic E-state index is -0.885. The number of nitrogens with zero attached hydrogens (tertiary/aromatic N) is 5. The molecular formula is C45H60N10O5S. The van der Waals surface area contributed by atoms with Crippen LogP contribution in [0.25, 0.3) is 21.7 Å². The monoisotopic (exact) mass is 852 g/mol. The molecule has 326 valence electrons. The van der Waals surface area contributed by atoms with Crippen molar-refractivity contribution in [1.82, 2.24) is 35.2 Å². The Morgan fingerprint density at radius 3 is 2.51 bits per heavy atom. The van der Waals surface area contributed by atoms with Gasteiger partial charge in [0.15, 0.2) is 0 Å². The number of nitrogens with two attached hydrogens (primary N) is 3. The molecule has 0 aliphatic carbocycles. The highest BCUT2D eigenvalue weighted by Crippen LogP contribution is 2.30. The van der Waals surface area contributed by atoms with Crippen LogP contribution in [0.3, 0.4) is 0 Å². The lowest BCUT2D eigenvalue weighted by atomic mass is 9.85. The third-order valence-corrected chi connectivity index (χ3v) is 12.4. The maximum atomic E-state index is 14.1. The van der Waals surface area contributed by atoms with Crippen LogP contribution in [-0.2, 0) is 27.5 Å². The summed E-state index contributed by atoms with van der Waals surface area (Å²) in [5, 5.41) is 31.4. The van der Waals surface area contributed by atoms with Crippen LogP contribution < -0.4 is 27.8 Å². The summed E-state index contributed by atoms with van der Waals surface area (Å²) in [5.74, 6) is -0.478. The Morgan fingerprint density at radius 1 is 1.07 bits per heavy atom. The number of hydrogen-bond acceptors (Lipinski definition) is 12. The highest BCUT2D eigenvalue weighted by atomic mass is 32.1. The zero-order valence-electron chi connectivity index (χ0n) is 35.5. The van der Waals surface area contributed by atoms with Gasteiger partial charge in [-0.3, -0.25) is 19.1 Å². The van der Waals surface area contributed by atoms with E-state index >= 15 is 0 Å². The number of aliphatic hydroxyl groups excluding tert-OH is 1. The second kappa shape index (κ2) is 19.8. The first-order chi connectivity index (χ1) is 29.1. The Bertz CT molecular complexity index is 2220. The van der Waals surface area contributed by atoms with Crippen molar-refractivity contribution in [3.8, 4) is 16.2 Å². The fourth-order valence-corrected chi connectivity index (χ4v) is 8.94. The molecule has 15 nitrogen and oxygen atoms in total. The van der Waals surface area contributed by atoms with Crippen LogP contribution in [0, 0.1) is 18.3 Å². The molecule has 0 radical (unpaired) electrons. The van der Waals surface area contributed by atoms with Crippen LogP contribution in [0.5, 0.6) is 5.75 Å². The summed E-state index contributed by atoms with van der Waals surface area (Å²) in [6.45, 7) is 11.1. The number of phenolic OH excluding ortho intramolecular Hbond substituents is 1. The first-order valence-corrected chi connectivity index (χ1v) is 21.8. The number of aromatic nitrogens is 3. The van der Waals surface area contributed by atoms with E-state index in [0.717, 1.165) is 54.2 Å². The Morgan fingerprint density at radius 2 is 1.82 bits per heavy atom. The van der Waals surface area contributed by atoms with Gasteiger partial charge in [-0.15, -0.1) is 11.3 Å². The molecule has 61 heavy (non-hydrogen) atoms. The van der Waals surface area contributed by atoms with E-state index in [1.807, 2.05) is 68.3 Å². The molecule has 0 unspecified atom stereocenters. The van der Waals surface area contributed by atoms with Crippen LogP contribution in [-0.4, -0.2) is 96.9 Å². The van der Waals surface area contributed by atoms with Crippen molar-refractivity contribution in [1.29, 1.82) is 0 Å².